The third-order valence-corrected chi connectivity index (χ3v) is 4.11. The Labute approximate surface area is 115 Å². The highest BCUT2D eigenvalue weighted by atomic mass is 16.5. The van der Waals surface area contributed by atoms with Crippen LogP contribution in [0.4, 0.5) is 0 Å². The van der Waals surface area contributed by atoms with Crippen molar-refractivity contribution in [1.82, 2.24) is 10.2 Å². The maximum atomic E-state index is 5.78. The van der Waals surface area contributed by atoms with Crippen LogP contribution in [0.1, 0.15) is 24.4 Å². The van der Waals surface area contributed by atoms with Crippen molar-refractivity contribution in [1.29, 1.82) is 0 Å². The van der Waals surface area contributed by atoms with Crippen LogP contribution in [0.15, 0.2) is 30.3 Å². The molecule has 1 aliphatic carbocycles. The number of ether oxygens (including phenoxy) is 1. The van der Waals surface area contributed by atoms with Gasteiger partial charge in [-0.05, 0) is 24.3 Å². The second-order valence-corrected chi connectivity index (χ2v) is 5.68. The number of hydrogen-bond acceptors (Lipinski definition) is 3. The first-order valence-corrected chi connectivity index (χ1v) is 7.51. The molecule has 1 aromatic carbocycles. The lowest BCUT2D eigenvalue weighted by atomic mass is 10.0. The maximum absolute atomic E-state index is 5.78. The van der Waals surface area contributed by atoms with Gasteiger partial charge >= 0.3 is 0 Å². The highest BCUT2D eigenvalue weighted by Gasteiger charge is 2.24. The third-order valence-electron chi connectivity index (χ3n) is 4.11. The lowest BCUT2D eigenvalue weighted by Crippen LogP contribution is -2.47. The Morgan fingerprint density at radius 2 is 2.05 bits per heavy atom. The number of benzene rings is 1. The van der Waals surface area contributed by atoms with Crippen molar-refractivity contribution in [2.75, 3.05) is 39.4 Å². The van der Waals surface area contributed by atoms with E-state index in [1.807, 2.05) is 0 Å². The molecule has 2 aliphatic rings. The monoisotopic (exact) mass is 260 g/mol. The van der Waals surface area contributed by atoms with Gasteiger partial charge in [-0.25, -0.2) is 0 Å². The second kappa shape index (κ2) is 6.51. The summed E-state index contributed by atoms with van der Waals surface area (Å²) in [4.78, 5) is 2.55. The summed E-state index contributed by atoms with van der Waals surface area (Å²) in [6.07, 6.45) is 2.75. The van der Waals surface area contributed by atoms with E-state index in [2.05, 4.69) is 40.5 Å². The molecule has 1 aromatic rings. The van der Waals surface area contributed by atoms with Gasteiger partial charge in [0.15, 0.2) is 0 Å². The lowest BCUT2D eigenvalue weighted by molar-refractivity contribution is 0.0716. The summed E-state index contributed by atoms with van der Waals surface area (Å²) in [5, 5.41) is 3.50. The zero-order valence-corrected chi connectivity index (χ0v) is 11.6. The van der Waals surface area contributed by atoms with Crippen LogP contribution in [0.25, 0.3) is 0 Å². The van der Waals surface area contributed by atoms with Crippen molar-refractivity contribution < 1.29 is 4.74 Å². The van der Waals surface area contributed by atoms with E-state index in [0.717, 1.165) is 45.3 Å². The van der Waals surface area contributed by atoms with E-state index in [0.29, 0.717) is 6.04 Å². The maximum Gasteiger partial charge on any atom is 0.0593 e. The van der Waals surface area contributed by atoms with Gasteiger partial charge in [0, 0.05) is 38.8 Å². The molecule has 19 heavy (non-hydrogen) atoms. The number of nitrogens with one attached hydrogen (secondary N) is 1. The Hall–Kier alpha value is -0.900. The molecule has 1 unspecified atom stereocenters. The fourth-order valence-electron chi connectivity index (χ4n) is 2.73. The summed E-state index contributed by atoms with van der Waals surface area (Å²) in [7, 11) is 0. The topological polar surface area (TPSA) is 24.5 Å². The summed E-state index contributed by atoms with van der Waals surface area (Å²) < 4.78 is 5.78. The Balaban J connectivity index is 1.51. The molecule has 3 heteroatoms. The molecular weight excluding hydrogens is 236 g/mol. The molecule has 0 amide bonds. The molecule has 1 saturated heterocycles. The summed E-state index contributed by atoms with van der Waals surface area (Å²) >= 11 is 0. The molecule has 104 valence electrons. The quantitative estimate of drug-likeness (QED) is 0.792. The average molecular weight is 260 g/mol. The molecule has 1 atom stereocenters. The van der Waals surface area contributed by atoms with Gasteiger partial charge in [0.2, 0.25) is 0 Å². The second-order valence-electron chi connectivity index (χ2n) is 5.68. The molecule has 1 aliphatic heterocycles. The van der Waals surface area contributed by atoms with Crippen molar-refractivity contribution >= 4 is 0 Å². The number of piperazine rings is 1. The molecule has 1 saturated carbocycles. The fourth-order valence-corrected chi connectivity index (χ4v) is 2.73. The van der Waals surface area contributed by atoms with Crippen LogP contribution < -0.4 is 5.32 Å². The molecule has 1 heterocycles. The molecular formula is C16H24N2O. The number of rotatable bonds is 6. The van der Waals surface area contributed by atoms with E-state index < -0.39 is 0 Å². The molecule has 0 spiro atoms. The van der Waals surface area contributed by atoms with Gasteiger partial charge < -0.3 is 10.1 Å². The summed E-state index contributed by atoms with van der Waals surface area (Å²) in [5.41, 5.74) is 1.41. The van der Waals surface area contributed by atoms with Gasteiger partial charge in [0.1, 0.15) is 0 Å². The number of hydrogen-bond donors (Lipinski definition) is 1. The lowest BCUT2D eigenvalue weighted by Gasteiger charge is -2.36. The number of nitrogens with zero attached hydrogens (tertiary/aromatic N) is 1. The van der Waals surface area contributed by atoms with Gasteiger partial charge in [-0.1, -0.05) is 30.3 Å². The van der Waals surface area contributed by atoms with Gasteiger partial charge in [-0.15, -0.1) is 0 Å². The van der Waals surface area contributed by atoms with Crippen LogP contribution in [-0.2, 0) is 4.74 Å². The van der Waals surface area contributed by atoms with Crippen LogP contribution >= 0.6 is 0 Å². The van der Waals surface area contributed by atoms with E-state index in [1.165, 1.54) is 18.4 Å². The zero-order chi connectivity index (χ0) is 12.9. The normalized spacial score (nSPS) is 24.5. The first-order chi connectivity index (χ1) is 9.43. The average Bonchev–Trinajstić information content (AvgIpc) is 3.29. The summed E-state index contributed by atoms with van der Waals surface area (Å²) in [6.45, 7) is 6.15. The van der Waals surface area contributed by atoms with E-state index in [9.17, 15) is 0 Å². The van der Waals surface area contributed by atoms with E-state index >= 15 is 0 Å². The predicted octanol–water partition coefficient (Wildman–Crippen LogP) is 2.06. The third kappa shape index (κ3) is 3.78. The van der Waals surface area contributed by atoms with Crippen LogP contribution in [0, 0.1) is 5.92 Å². The smallest absolute Gasteiger partial charge is 0.0593 e. The Morgan fingerprint density at radius 3 is 2.84 bits per heavy atom. The molecule has 0 radical (unpaired) electrons. The van der Waals surface area contributed by atoms with Gasteiger partial charge in [-0.2, -0.15) is 0 Å². The van der Waals surface area contributed by atoms with Gasteiger partial charge in [0.05, 0.1) is 6.61 Å². The molecule has 1 N–H and O–H groups in total. The van der Waals surface area contributed by atoms with Crippen LogP contribution in [0.2, 0.25) is 0 Å². The highest BCUT2D eigenvalue weighted by molar-refractivity contribution is 5.20. The Kier molecular flexibility index (Phi) is 4.49. The minimum Gasteiger partial charge on any atom is -0.380 e. The minimum absolute atomic E-state index is 0.500. The van der Waals surface area contributed by atoms with Crippen LogP contribution in [-0.4, -0.2) is 44.3 Å². The van der Waals surface area contributed by atoms with Crippen LogP contribution in [0.3, 0.4) is 0 Å². The molecule has 0 aromatic heterocycles. The van der Waals surface area contributed by atoms with Crippen molar-refractivity contribution in [3.05, 3.63) is 35.9 Å². The van der Waals surface area contributed by atoms with Crippen molar-refractivity contribution in [3.63, 3.8) is 0 Å². The van der Waals surface area contributed by atoms with Gasteiger partial charge in [-0.3, -0.25) is 4.90 Å². The Bertz CT molecular complexity index is 378. The van der Waals surface area contributed by atoms with E-state index in [1.54, 1.807) is 0 Å². The van der Waals surface area contributed by atoms with Crippen molar-refractivity contribution in [2.45, 2.75) is 18.9 Å². The first kappa shape index (κ1) is 13.1. The minimum atomic E-state index is 0.500. The largest absolute Gasteiger partial charge is 0.380 e. The first-order valence-electron chi connectivity index (χ1n) is 7.51. The molecule has 0 bridgehead atoms. The molecule has 3 rings (SSSR count). The van der Waals surface area contributed by atoms with E-state index in [-0.39, 0.29) is 0 Å². The van der Waals surface area contributed by atoms with Gasteiger partial charge in [0.25, 0.3) is 0 Å². The predicted molar refractivity (Wildman–Crippen MR) is 77.2 cm³/mol. The zero-order valence-electron chi connectivity index (χ0n) is 11.6. The van der Waals surface area contributed by atoms with Crippen LogP contribution in [0.5, 0.6) is 0 Å². The molecule has 3 nitrogen and oxygen atoms in total. The van der Waals surface area contributed by atoms with Crippen molar-refractivity contribution in [3.8, 4) is 0 Å². The summed E-state index contributed by atoms with van der Waals surface area (Å²) in [6, 6.07) is 11.3. The standard InChI is InChI=1S/C16H24N2O/c1-2-4-15(5-3-1)16-12-17-8-9-18(16)10-11-19-13-14-6-7-14/h1-5,14,16-17H,6-13H2. The fraction of sp³-hybridized carbons (Fsp3) is 0.625. The van der Waals surface area contributed by atoms with Crippen molar-refractivity contribution in [2.24, 2.45) is 5.92 Å². The SMILES string of the molecule is c1ccc(C2CNCCN2CCOCC2CC2)cc1. The van der Waals surface area contributed by atoms with E-state index in [4.69, 9.17) is 4.74 Å². The Morgan fingerprint density at radius 1 is 1.21 bits per heavy atom. The molecule has 2 fully saturated rings. The highest BCUT2D eigenvalue weighted by Crippen LogP contribution is 2.28. The summed E-state index contributed by atoms with van der Waals surface area (Å²) in [5.74, 6) is 0.868.